The van der Waals surface area contributed by atoms with E-state index in [-0.39, 0.29) is 6.03 Å². The van der Waals surface area contributed by atoms with Crippen molar-refractivity contribution in [2.75, 3.05) is 26.1 Å². The molecule has 0 aliphatic carbocycles. The third kappa shape index (κ3) is 5.64. The highest BCUT2D eigenvalue weighted by molar-refractivity contribution is 5.88. The predicted octanol–water partition coefficient (Wildman–Crippen LogP) is 3.72. The molecule has 0 saturated carbocycles. The van der Waals surface area contributed by atoms with E-state index in [2.05, 4.69) is 17.4 Å². The number of nitrogens with zero attached hydrogens (tertiary/aromatic N) is 1. The summed E-state index contributed by atoms with van der Waals surface area (Å²) in [7, 11) is 2.98. The molecule has 0 fully saturated rings. The zero-order valence-corrected chi connectivity index (χ0v) is 13.5. The number of urea groups is 1. The Morgan fingerprint density at radius 1 is 1.13 bits per heavy atom. The van der Waals surface area contributed by atoms with E-state index < -0.39 is 0 Å². The average molecular weight is 314 g/mol. The van der Waals surface area contributed by atoms with Crippen LogP contribution in [0, 0.1) is 0 Å². The minimum atomic E-state index is -0.339. The molecule has 0 aromatic heterocycles. The number of ether oxygens (including phenoxy) is 1. The van der Waals surface area contributed by atoms with Crippen LogP contribution in [-0.4, -0.2) is 31.9 Å². The smallest absolute Gasteiger partial charge is 0.345 e. The van der Waals surface area contributed by atoms with Gasteiger partial charge in [0.2, 0.25) is 0 Å². The average Bonchev–Trinajstić information content (AvgIpc) is 2.59. The number of amides is 2. The van der Waals surface area contributed by atoms with Crippen LogP contribution in [0.3, 0.4) is 0 Å². The molecule has 0 heterocycles. The summed E-state index contributed by atoms with van der Waals surface area (Å²) in [6, 6.07) is 17.3. The highest BCUT2D eigenvalue weighted by atomic mass is 16.7. The first-order valence-electron chi connectivity index (χ1n) is 7.54. The predicted molar refractivity (Wildman–Crippen MR) is 90.5 cm³/mol. The number of hydroxylamine groups is 2. The number of hydrogen-bond donors (Lipinski definition) is 1. The number of anilines is 1. The lowest BCUT2D eigenvalue weighted by molar-refractivity contribution is -0.0598. The molecule has 0 aliphatic rings. The number of rotatable bonds is 7. The van der Waals surface area contributed by atoms with Gasteiger partial charge >= 0.3 is 6.03 Å². The second kappa shape index (κ2) is 8.80. The summed E-state index contributed by atoms with van der Waals surface area (Å²) < 4.78 is 5.74. The minimum absolute atomic E-state index is 0.339. The first-order chi connectivity index (χ1) is 11.2. The third-order valence-electron chi connectivity index (χ3n) is 3.37. The number of hydrogen-bond acceptors (Lipinski definition) is 3. The topological polar surface area (TPSA) is 50.8 Å². The van der Waals surface area contributed by atoms with Crippen LogP contribution in [0.1, 0.15) is 12.0 Å². The van der Waals surface area contributed by atoms with Crippen molar-refractivity contribution in [1.82, 2.24) is 5.06 Å². The third-order valence-corrected chi connectivity index (χ3v) is 3.37. The molecule has 2 aromatic rings. The molecule has 5 nitrogen and oxygen atoms in total. The van der Waals surface area contributed by atoms with Gasteiger partial charge in [0, 0.05) is 18.8 Å². The van der Waals surface area contributed by atoms with Crippen LogP contribution in [0.25, 0.3) is 0 Å². The van der Waals surface area contributed by atoms with Gasteiger partial charge in [-0.3, -0.25) is 4.84 Å². The largest absolute Gasteiger partial charge is 0.494 e. The number of benzene rings is 2. The molecule has 0 unspecified atom stereocenters. The van der Waals surface area contributed by atoms with Crippen molar-refractivity contribution in [2.45, 2.75) is 12.8 Å². The summed E-state index contributed by atoms with van der Waals surface area (Å²) in [6.07, 6.45) is 1.92. The maximum absolute atomic E-state index is 11.7. The molecule has 2 amide bonds. The van der Waals surface area contributed by atoms with Gasteiger partial charge in [-0.25, -0.2) is 9.86 Å². The van der Waals surface area contributed by atoms with Crippen LogP contribution >= 0.6 is 0 Å². The maximum atomic E-state index is 11.7. The molecule has 5 heteroatoms. The number of nitrogens with one attached hydrogen (secondary N) is 1. The molecule has 2 rings (SSSR count). The fraction of sp³-hybridized carbons (Fsp3) is 0.278. The second-order valence-electron chi connectivity index (χ2n) is 5.08. The molecule has 0 aliphatic heterocycles. The van der Waals surface area contributed by atoms with Crippen molar-refractivity contribution in [3.63, 3.8) is 0 Å². The van der Waals surface area contributed by atoms with E-state index in [1.54, 1.807) is 19.2 Å². The van der Waals surface area contributed by atoms with E-state index in [4.69, 9.17) is 9.57 Å². The van der Waals surface area contributed by atoms with Crippen LogP contribution in [0.5, 0.6) is 5.75 Å². The summed E-state index contributed by atoms with van der Waals surface area (Å²) >= 11 is 0. The molecular formula is C18H22N2O3. The molecule has 0 bridgehead atoms. The van der Waals surface area contributed by atoms with Crippen molar-refractivity contribution in [1.29, 1.82) is 0 Å². The monoisotopic (exact) mass is 314 g/mol. The zero-order valence-electron chi connectivity index (χ0n) is 13.5. The van der Waals surface area contributed by atoms with Gasteiger partial charge in [-0.2, -0.15) is 0 Å². The first kappa shape index (κ1) is 16.8. The Kier molecular flexibility index (Phi) is 6.44. The molecule has 1 N–H and O–H groups in total. The first-order valence-corrected chi connectivity index (χ1v) is 7.54. The molecule has 0 atom stereocenters. The number of aryl methyl sites for hydroxylation is 1. The van der Waals surface area contributed by atoms with Gasteiger partial charge in [0.25, 0.3) is 0 Å². The Hall–Kier alpha value is -2.53. The van der Waals surface area contributed by atoms with E-state index in [9.17, 15) is 4.79 Å². The van der Waals surface area contributed by atoms with Crippen LogP contribution in [0.15, 0.2) is 54.6 Å². The van der Waals surface area contributed by atoms with Crippen LogP contribution < -0.4 is 10.1 Å². The summed E-state index contributed by atoms with van der Waals surface area (Å²) in [5, 5.41) is 3.85. The van der Waals surface area contributed by atoms with E-state index >= 15 is 0 Å². The van der Waals surface area contributed by atoms with E-state index in [0.717, 1.165) is 23.7 Å². The highest BCUT2D eigenvalue weighted by Gasteiger charge is 2.08. The standard InChI is InChI=1S/C18H22N2O3/c1-20(22-2)18(21)19-16-11-6-12-17(14-16)23-13-7-10-15-8-4-3-5-9-15/h3-6,8-9,11-12,14H,7,10,13H2,1-2H3,(H,19,21). The molecule has 0 spiro atoms. The molecule has 0 radical (unpaired) electrons. The van der Waals surface area contributed by atoms with Gasteiger partial charge < -0.3 is 10.1 Å². The normalized spacial score (nSPS) is 10.2. The number of carbonyl (C=O) groups excluding carboxylic acids is 1. The van der Waals surface area contributed by atoms with Gasteiger partial charge in [0.1, 0.15) is 5.75 Å². The maximum Gasteiger partial charge on any atom is 0.345 e. The van der Waals surface area contributed by atoms with E-state index in [1.165, 1.54) is 12.7 Å². The lowest BCUT2D eigenvalue weighted by Gasteiger charge is -2.15. The minimum Gasteiger partial charge on any atom is -0.494 e. The van der Waals surface area contributed by atoms with Crippen molar-refractivity contribution >= 4 is 11.7 Å². The highest BCUT2D eigenvalue weighted by Crippen LogP contribution is 2.18. The quantitative estimate of drug-likeness (QED) is 0.626. The Balaban J connectivity index is 1.79. The molecule has 0 saturated heterocycles. The molecule has 122 valence electrons. The van der Waals surface area contributed by atoms with Crippen molar-refractivity contribution < 1.29 is 14.4 Å². The van der Waals surface area contributed by atoms with Gasteiger partial charge in [-0.05, 0) is 30.5 Å². The van der Waals surface area contributed by atoms with Crippen molar-refractivity contribution in [3.05, 3.63) is 60.2 Å². The fourth-order valence-electron chi connectivity index (χ4n) is 2.06. The lowest BCUT2D eigenvalue weighted by Crippen LogP contribution is -2.30. The molecular weight excluding hydrogens is 292 g/mol. The summed E-state index contributed by atoms with van der Waals surface area (Å²) in [4.78, 5) is 16.5. The lowest BCUT2D eigenvalue weighted by atomic mass is 10.1. The van der Waals surface area contributed by atoms with Crippen LogP contribution in [-0.2, 0) is 11.3 Å². The van der Waals surface area contributed by atoms with E-state index in [0.29, 0.717) is 12.3 Å². The SMILES string of the molecule is CON(C)C(=O)Nc1cccc(OCCCc2ccccc2)c1. The van der Waals surface area contributed by atoms with Gasteiger partial charge in [0.15, 0.2) is 0 Å². The summed E-state index contributed by atoms with van der Waals surface area (Å²) in [6.45, 7) is 0.629. The second-order valence-corrected chi connectivity index (χ2v) is 5.08. The Labute approximate surface area is 136 Å². The zero-order chi connectivity index (χ0) is 16.5. The van der Waals surface area contributed by atoms with Gasteiger partial charge in [0.05, 0.1) is 13.7 Å². The van der Waals surface area contributed by atoms with Crippen LogP contribution in [0.2, 0.25) is 0 Å². The summed E-state index contributed by atoms with van der Waals surface area (Å²) in [5.74, 6) is 0.732. The van der Waals surface area contributed by atoms with E-state index in [1.807, 2.05) is 30.3 Å². The van der Waals surface area contributed by atoms with Crippen molar-refractivity contribution in [3.8, 4) is 5.75 Å². The van der Waals surface area contributed by atoms with Gasteiger partial charge in [-0.15, -0.1) is 0 Å². The Bertz CT molecular complexity index is 617. The summed E-state index contributed by atoms with van der Waals surface area (Å²) in [5.41, 5.74) is 1.97. The Morgan fingerprint density at radius 2 is 1.91 bits per heavy atom. The molecule has 2 aromatic carbocycles. The van der Waals surface area contributed by atoms with Crippen LogP contribution in [0.4, 0.5) is 10.5 Å². The molecule has 23 heavy (non-hydrogen) atoms. The van der Waals surface area contributed by atoms with Crippen molar-refractivity contribution in [2.24, 2.45) is 0 Å². The Morgan fingerprint density at radius 3 is 2.65 bits per heavy atom. The van der Waals surface area contributed by atoms with Gasteiger partial charge in [-0.1, -0.05) is 36.4 Å². The fourth-order valence-corrected chi connectivity index (χ4v) is 2.06. The number of carbonyl (C=O) groups is 1.